The van der Waals surface area contributed by atoms with Crippen LogP contribution in [0.2, 0.25) is 5.02 Å². The van der Waals surface area contributed by atoms with Crippen molar-refractivity contribution in [2.45, 2.75) is 4.90 Å². The van der Waals surface area contributed by atoms with Crippen LogP contribution in [0.3, 0.4) is 0 Å². The molecule has 1 saturated heterocycles. The lowest BCUT2D eigenvalue weighted by molar-refractivity contribution is 0.384. The molecule has 0 atom stereocenters. The molecule has 1 aromatic heterocycles. The van der Waals surface area contributed by atoms with E-state index in [2.05, 4.69) is 4.90 Å². The van der Waals surface area contributed by atoms with Crippen molar-refractivity contribution < 1.29 is 17.5 Å². The second-order valence-electron chi connectivity index (χ2n) is 6.71. The predicted octanol–water partition coefficient (Wildman–Crippen LogP) is 4.12. The van der Waals surface area contributed by atoms with Crippen molar-refractivity contribution in [3.05, 3.63) is 58.7 Å². The van der Waals surface area contributed by atoms with Gasteiger partial charge in [0, 0.05) is 37.1 Å². The molecule has 6 nitrogen and oxygen atoms in total. The van der Waals surface area contributed by atoms with Gasteiger partial charge in [-0.1, -0.05) is 11.6 Å². The van der Waals surface area contributed by atoms with E-state index in [4.69, 9.17) is 21.3 Å². The van der Waals surface area contributed by atoms with Crippen molar-refractivity contribution in [3.8, 4) is 17.0 Å². The normalized spacial score (nSPS) is 15.4. The average molecular weight is 468 g/mol. The Hall–Kier alpha value is -2.20. The van der Waals surface area contributed by atoms with E-state index in [0.29, 0.717) is 26.2 Å². The molecule has 1 aliphatic rings. The first-order valence-corrected chi connectivity index (χ1v) is 11.9. The van der Waals surface area contributed by atoms with Crippen molar-refractivity contribution in [1.82, 2.24) is 9.29 Å². The summed E-state index contributed by atoms with van der Waals surface area (Å²) in [5.74, 6) is 0.144. The first kappa shape index (κ1) is 21.0. The van der Waals surface area contributed by atoms with Crippen LogP contribution < -0.4 is 9.64 Å². The van der Waals surface area contributed by atoms with Crippen LogP contribution in [-0.2, 0) is 10.0 Å². The zero-order valence-electron chi connectivity index (χ0n) is 16.1. The maximum Gasteiger partial charge on any atom is 0.243 e. The SMILES string of the molecule is COc1ccc(-c2csc(N3CCN(S(=O)(=O)c4ccc(F)c(Cl)c4)CC3)n2)cc1. The van der Waals surface area contributed by atoms with E-state index < -0.39 is 15.8 Å². The zero-order chi connectivity index (χ0) is 21.3. The monoisotopic (exact) mass is 467 g/mol. The highest BCUT2D eigenvalue weighted by Gasteiger charge is 2.30. The van der Waals surface area contributed by atoms with E-state index in [1.807, 2.05) is 29.6 Å². The first-order valence-electron chi connectivity index (χ1n) is 9.18. The Balaban J connectivity index is 1.44. The molecular formula is C20H19ClFN3O3S2. The number of anilines is 1. The summed E-state index contributed by atoms with van der Waals surface area (Å²) in [5, 5.41) is 2.63. The standard InChI is InChI=1S/C20H19ClFN3O3S2/c1-28-15-4-2-14(3-5-15)19-13-29-20(23-19)24-8-10-25(11-9-24)30(26,27)16-6-7-18(22)17(21)12-16/h2-7,12-13H,8-11H2,1H3. The van der Waals surface area contributed by atoms with Crippen LogP contribution in [0, 0.1) is 5.82 Å². The third-order valence-electron chi connectivity index (χ3n) is 4.92. The lowest BCUT2D eigenvalue weighted by atomic mass is 10.2. The number of sulfonamides is 1. The minimum atomic E-state index is -3.72. The van der Waals surface area contributed by atoms with Crippen molar-refractivity contribution >= 4 is 38.1 Å². The second kappa shape index (κ2) is 8.50. The highest BCUT2D eigenvalue weighted by molar-refractivity contribution is 7.89. The maximum atomic E-state index is 13.4. The number of methoxy groups -OCH3 is 1. The smallest absolute Gasteiger partial charge is 0.243 e. The van der Waals surface area contributed by atoms with Crippen LogP contribution in [0.25, 0.3) is 11.3 Å². The van der Waals surface area contributed by atoms with Crippen molar-refractivity contribution in [2.24, 2.45) is 0 Å². The molecule has 158 valence electrons. The van der Waals surface area contributed by atoms with Gasteiger partial charge >= 0.3 is 0 Å². The van der Waals surface area contributed by atoms with Gasteiger partial charge in [0.15, 0.2) is 5.13 Å². The molecule has 0 unspecified atom stereocenters. The van der Waals surface area contributed by atoms with Gasteiger partial charge in [-0.15, -0.1) is 11.3 Å². The van der Waals surface area contributed by atoms with E-state index in [-0.39, 0.29) is 9.92 Å². The van der Waals surface area contributed by atoms with Crippen LogP contribution in [0.1, 0.15) is 0 Å². The minimum absolute atomic E-state index is 0.00149. The Bertz CT molecular complexity index is 1140. The Kier molecular flexibility index (Phi) is 5.97. The molecule has 0 saturated carbocycles. The third-order valence-corrected chi connectivity index (χ3v) is 8.00. The molecular weight excluding hydrogens is 449 g/mol. The van der Waals surface area contributed by atoms with Crippen molar-refractivity contribution in [1.29, 1.82) is 0 Å². The van der Waals surface area contributed by atoms with Crippen molar-refractivity contribution in [3.63, 3.8) is 0 Å². The van der Waals surface area contributed by atoms with Gasteiger partial charge in [-0.05, 0) is 42.5 Å². The molecule has 4 rings (SSSR count). The summed E-state index contributed by atoms with van der Waals surface area (Å²) in [5.41, 5.74) is 1.86. The fourth-order valence-corrected chi connectivity index (χ4v) is 5.79. The first-order chi connectivity index (χ1) is 14.4. The highest BCUT2D eigenvalue weighted by Crippen LogP contribution is 2.30. The molecule has 10 heteroatoms. The van der Waals surface area contributed by atoms with Crippen LogP contribution in [0.15, 0.2) is 52.7 Å². The van der Waals surface area contributed by atoms with Gasteiger partial charge in [0.25, 0.3) is 0 Å². The molecule has 2 heterocycles. The molecule has 0 spiro atoms. The number of thiazole rings is 1. The number of rotatable bonds is 5. The van der Waals surface area contributed by atoms with Gasteiger partial charge in [-0.3, -0.25) is 0 Å². The van der Waals surface area contributed by atoms with E-state index in [0.717, 1.165) is 34.3 Å². The molecule has 1 aliphatic heterocycles. The Morgan fingerprint density at radius 1 is 1.10 bits per heavy atom. The van der Waals surface area contributed by atoms with Gasteiger partial charge in [-0.2, -0.15) is 4.31 Å². The largest absolute Gasteiger partial charge is 0.497 e. The average Bonchev–Trinajstić information content (AvgIpc) is 3.26. The number of benzene rings is 2. The molecule has 0 bridgehead atoms. The number of ether oxygens (including phenoxy) is 1. The lowest BCUT2D eigenvalue weighted by Gasteiger charge is -2.33. The third kappa shape index (κ3) is 4.15. The van der Waals surface area contributed by atoms with E-state index in [1.54, 1.807) is 7.11 Å². The zero-order valence-corrected chi connectivity index (χ0v) is 18.5. The second-order valence-corrected chi connectivity index (χ2v) is 9.89. The Morgan fingerprint density at radius 3 is 2.43 bits per heavy atom. The number of halogens is 2. The summed E-state index contributed by atoms with van der Waals surface area (Å²) < 4.78 is 45.6. The molecule has 2 aromatic carbocycles. The quantitative estimate of drug-likeness (QED) is 0.564. The Labute approximate surface area is 183 Å². The fourth-order valence-electron chi connectivity index (χ4n) is 3.21. The summed E-state index contributed by atoms with van der Waals surface area (Å²) >= 11 is 7.28. The molecule has 0 radical (unpaired) electrons. The van der Waals surface area contributed by atoms with Crippen LogP contribution in [0.5, 0.6) is 5.75 Å². The van der Waals surface area contributed by atoms with Gasteiger partial charge in [0.1, 0.15) is 11.6 Å². The van der Waals surface area contributed by atoms with Crippen LogP contribution >= 0.6 is 22.9 Å². The van der Waals surface area contributed by atoms with Gasteiger partial charge < -0.3 is 9.64 Å². The summed E-state index contributed by atoms with van der Waals surface area (Å²) in [6, 6.07) is 11.2. The van der Waals surface area contributed by atoms with Gasteiger partial charge in [0.2, 0.25) is 10.0 Å². The lowest BCUT2D eigenvalue weighted by Crippen LogP contribution is -2.48. The van der Waals surface area contributed by atoms with Crippen molar-refractivity contribution in [2.75, 3.05) is 38.2 Å². The molecule has 30 heavy (non-hydrogen) atoms. The van der Waals surface area contributed by atoms with Crippen LogP contribution in [0.4, 0.5) is 9.52 Å². The molecule has 0 amide bonds. The Morgan fingerprint density at radius 2 is 1.80 bits per heavy atom. The van der Waals surface area contributed by atoms with E-state index in [1.165, 1.54) is 21.7 Å². The van der Waals surface area contributed by atoms with Crippen LogP contribution in [-0.4, -0.2) is 51.0 Å². The number of hydrogen-bond donors (Lipinski definition) is 0. The van der Waals surface area contributed by atoms with E-state index in [9.17, 15) is 12.8 Å². The number of nitrogens with zero attached hydrogens (tertiary/aromatic N) is 3. The number of piperazine rings is 1. The van der Waals surface area contributed by atoms with Gasteiger partial charge in [-0.25, -0.2) is 17.8 Å². The van der Waals surface area contributed by atoms with E-state index >= 15 is 0 Å². The van der Waals surface area contributed by atoms with Gasteiger partial charge in [0.05, 0.1) is 22.7 Å². The number of hydrogen-bond acceptors (Lipinski definition) is 6. The molecule has 1 fully saturated rings. The maximum absolute atomic E-state index is 13.4. The summed E-state index contributed by atoms with van der Waals surface area (Å²) in [4.78, 5) is 6.77. The highest BCUT2D eigenvalue weighted by atomic mass is 35.5. The topological polar surface area (TPSA) is 62.7 Å². The fraction of sp³-hybridized carbons (Fsp3) is 0.250. The summed E-state index contributed by atoms with van der Waals surface area (Å²) in [7, 11) is -2.10. The summed E-state index contributed by atoms with van der Waals surface area (Å²) in [6.07, 6.45) is 0. The number of aromatic nitrogens is 1. The summed E-state index contributed by atoms with van der Waals surface area (Å²) in [6.45, 7) is 1.66. The minimum Gasteiger partial charge on any atom is -0.497 e. The molecule has 0 N–H and O–H groups in total. The molecule has 3 aromatic rings. The predicted molar refractivity (Wildman–Crippen MR) is 116 cm³/mol. The molecule has 0 aliphatic carbocycles.